The summed E-state index contributed by atoms with van der Waals surface area (Å²) in [5.74, 6) is -0.0844. The number of anilines is 1. The van der Waals surface area contributed by atoms with Crippen LogP contribution in [0.25, 0.3) is 0 Å². The van der Waals surface area contributed by atoms with E-state index in [1.165, 1.54) is 12.1 Å². The molecule has 106 valence electrons. The van der Waals surface area contributed by atoms with Crippen LogP contribution in [0.5, 0.6) is 5.75 Å². The fourth-order valence-electron chi connectivity index (χ4n) is 1.43. The van der Waals surface area contributed by atoms with E-state index in [2.05, 4.69) is 5.32 Å². The summed E-state index contributed by atoms with van der Waals surface area (Å²) in [7, 11) is 0. The van der Waals surface area contributed by atoms with E-state index < -0.39 is 17.3 Å². The summed E-state index contributed by atoms with van der Waals surface area (Å²) < 4.78 is 5.10. The second kappa shape index (κ2) is 5.09. The number of aromatic hydroxyl groups is 1. The molecule has 0 radical (unpaired) electrons. The van der Waals surface area contributed by atoms with E-state index in [9.17, 15) is 15.0 Å². The van der Waals surface area contributed by atoms with Crippen LogP contribution in [0, 0.1) is 0 Å². The van der Waals surface area contributed by atoms with Gasteiger partial charge in [0.25, 0.3) is 0 Å². The van der Waals surface area contributed by atoms with E-state index in [0.717, 1.165) is 0 Å². The first-order chi connectivity index (χ1) is 8.49. The lowest BCUT2D eigenvalue weighted by Crippen LogP contribution is -2.27. The largest absolute Gasteiger partial charge is 0.506 e. The average molecular weight is 267 g/mol. The highest BCUT2D eigenvalue weighted by Crippen LogP contribution is 2.29. The first kappa shape index (κ1) is 15.3. The Balaban J connectivity index is 2.92. The number of hydrogen-bond acceptors (Lipinski definition) is 4. The Morgan fingerprint density at radius 1 is 1.21 bits per heavy atom. The zero-order valence-electron chi connectivity index (χ0n) is 11.9. The van der Waals surface area contributed by atoms with Crippen LogP contribution >= 0.6 is 0 Å². The number of aliphatic hydroxyl groups is 1. The molecule has 5 heteroatoms. The molecule has 0 atom stereocenters. The van der Waals surface area contributed by atoms with E-state index >= 15 is 0 Å². The van der Waals surface area contributed by atoms with E-state index in [1.807, 2.05) is 0 Å². The highest BCUT2D eigenvalue weighted by Gasteiger charge is 2.20. The SMILES string of the molecule is CC(C)(C)OC(=O)Nc1cc(C(C)(C)O)ccc1O. The van der Waals surface area contributed by atoms with Crippen molar-refractivity contribution in [1.29, 1.82) is 0 Å². The molecule has 0 saturated heterocycles. The number of phenols is 1. The van der Waals surface area contributed by atoms with Gasteiger partial charge >= 0.3 is 6.09 Å². The number of rotatable bonds is 2. The number of hydrogen-bond donors (Lipinski definition) is 3. The molecule has 0 bridgehead atoms. The average Bonchev–Trinajstić information content (AvgIpc) is 2.16. The standard InChI is InChI=1S/C14H21NO4/c1-13(2,3)19-12(17)15-10-8-9(14(4,5)18)6-7-11(10)16/h6-8,16,18H,1-5H3,(H,15,17). The second-order valence-electron chi connectivity index (χ2n) is 5.92. The van der Waals surface area contributed by atoms with E-state index in [1.54, 1.807) is 40.7 Å². The fourth-order valence-corrected chi connectivity index (χ4v) is 1.43. The molecule has 0 heterocycles. The minimum atomic E-state index is -1.06. The van der Waals surface area contributed by atoms with Crippen molar-refractivity contribution in [1.82, 2.24) is 0 Å². The van der Waals surface area contributed by atoms with E-state index in [4.69, 9.17) is 4.74 Å². The molecule has 1 rings (SSSR count). The number of benzene rings is 1. The topological polar surface area (TPSA) is 78.8 Å². The molecule has 3 N–H and O–H groups in total. The van der Waals surface area contributed by atoms with Gasteiger partial charge in [0.1, 0.15) is 11.4 Å². The van der Waals surface area contributed by atoms with Gasteiger partial charge in [-0.05, 0) is 52.3 Å². The predicted molar refractivity (Wildman–Crippen MR) is 73.2 cm³/mol. The molecule has 0 aromatic heterocycles. The minimum absolute atomic E-state index is 0.0844. The Labute approximate surface area is 113 Å². The van der Waals surface area contributed by atoms with Gasteiger partial charge in [-0.25, -0.2) is 4.79 Å². The molecule has 0 spiro atoms. The van der Waals surface area contributed by atoms with Crippen LogP contribution in [0.1, 0.15) is 40.2 Å². The van der Waals surface area contributed by atoms with Crippen LogP contribution < -0.4 is 5.32 Å². The van der Waals surface area contributed by atoms with Crippen molar-refractivity contribution in [2.45, 2.75) is 45.8 Å². The molecule has 1 aromatic carbocycles. The van der Waals surface area contributed by atoms with Crippen LogP contribution in [-0.4, -0.2) is 21.9 Å². The monoisotopic (exact) mass is 267 g/mol. The van der Waals surface area contributed by atoms with Gasteiger partial charge in [0.2, 0.25) is 0 Å². The zero-order valence-corrected chi connectivity index (χ0v) is 11.9. The molecule has 0 saturated carbocycles. The minimum Gasteiger partial charge on any atom is -0.506 e. The normalized spacial score (nSPS) is 12.1. The fraction of sp³-hybridized carbons (Fsp3) is 0.500. The van der Waals surface area contributed by atoms with Crippen LogP contribution in [-0.2, 0) is 10.3 Å². The molecule has 0 unspecified atom stereocenters. The summed E-state index contributed by atoms with van der Waals surface area (Å²) in [5, 5.41) is 22.1. The summed E-state index contributed by atoms with van der Waals surface area (Å²) in [4.78, 5) is 11.6. The summed E-state index contributed by atoms with van der Waals surface area (Å²) >= 11 is 0. The Morgan fingerprint density at radius 2 is 1.79 bits per heavy atom. The summed E-state index contributed by atoms with van der Waals surface area (Å²) in [6, 6.07) is 4.52. The molecular formula is C14H21NO4. The van der Waals surface area contributed by atoms with Crippen LogP contribution in [0.3, 0.4) is 0 Å². The first-order valence-corrected chi connectivity index (χ1v) is 6.05. The van der Waals surface area contributed by atoms with Gasteiger partial charge < -0.3 is 14.9 Å². The summed E-state index contributed by atoms with van der Waals surface area (Å²) in [6.45, 7) is 8.49. The molecule has 19 heavy (non-hydrogen) atoms. The van der Waals surface area contributed by atoms with Crippen molar-refractivity contribution < 1.29 is 19.7 Å². The molecular weight excluding hydrogens is 246 g/mol. The van der Waals surface area contributed by atoms with Crippen molar-refractivity contribution in [3.63, 3.8) is 0 Å². The van der Waals surface area contributed by atoms with Crippen molar-refractivity contribution in [2.24, 2.45) is 0 Å². The third-order valence-corrected chi connectivity index (χ3v) is 2.34. The third kappa shape index (κ3) is 4.79. The van der Waals surface area contributed by atoms with Crippen molar-refractivity contribution >= 4 is 11.8 Å². The lowest BCUT2D eigenvalue weighted by Gasteiger charge is -2.21. The molecule has 1 amide bonds. The number of phenolic OH excluding ortho intramolecular Hbond substituents is 1. The molecule has 0 aliphatic rings. The number of carbonyl (C=O) groups is 1. The van der Waals surface area contributed by atoms with Crippen LogP contribution in [0.2, 0.25) is 0 Å². The Hall–Kier alpha value is -1.75. The number of carbonyl (C=O) groups excluding carboxylic acids is 1. The second-order valence-corrected chi connectivity index (χ2v) is 5.92. The van der Waals surface area contributed by atoms with Crippen molar-refractivity contribution in [3.8, 4) is 5.75 Å². The Morgan fingerprint density at radius 3 is 2.26 bits per heavy atom. The molecule has 5 nitrogen and oxygen atoms in total. The van der Waals surface area contributed by atoms with Gasteiger partial charge in [-0.3, -0.25) is 5.32 Å². The van der Waals surface area contributed by atoms with Crippen molar-refractivity contribution in [2.75, 3.05) is 5.32 Å². The first-order valence-electron chi connectivity index (χ1n) is 6.05. The molecule has 0 fully saturated rings. The maximum absolute atomic E-state index is 11.6. The van der Waals surface area contributed by atoms with Crippen LogP contribution in [0.15, 0.2) is 18.2 Å². The number of nitrogens with one attached hydrogen (secondary N) is 1. The summed E-state index contributed by atoms with van der Waals surface area (Å²) in [5.41, 5.74) is -0.892. The molecule has 0 aliphatic carbocycles. The predicted octanol–water partition coefficient (Wildman–Crippen LogP) is 2.97. The van der Waals surface area contributed by atoms with Crippen LogP contribution in [0.4, 0.5) is 10.5 Å². The van der Waals surface area contributed by atoms with E-state index in [0.29, 0.717) is 5.56 Å². The highest BCUT2D eigenvalue weighted by molar-refractivity contribution is 5.87. The molecule has 0 aliphatic heterocycles. The lowest BCUT2D eigenvalue weighted by atomic mass is 9.98. The van der Waals surface area contributed by atoms with Gasteiger partial charge in [-0.15, -0.1) is 0 Å². The van der Waals surface area contributed by atoms with Gasteiger partial charge in [0, 0.05) is 0 Å². The third-order valence-electron chi connectivity index (χ3n) is 2.34. The Kier molecular flexibility index (Phi) is 4.10. The van der Waals surface area contributed by atoms with Gasteiger partial charge in [0.15, 0.2) is 0 Å². The Bertz CT molecular complexity index is 469. The van der Waals surface area contributed by atoms with Crippen molar-refractivity contribution in [3.05, 3.63) is 23.8 Å². The number of ether oxygens (including phenoxy) is 1. The maximum atomic E-state index is 11.6. The quantitative estimate of drug-likeness (QED) is 0.720. The smallest absolute Gasteiger partial charge is 0.412 e. The lowest BCUT2D eigenvalue weighted by molar-refractivity contribution is 0.0633. The molecule has 1 aromatic rings. The number of amides is 1. The van der Waals surface area contributed by atoms with Gasteiger partial charge in [-0.1, -0.05) is 6.07 Å². The zero-order chi connectivity index (χ0) is 14.8. The van der Waals surface area contributed by atoms with Gasteiger partial charge in [-0.2, -0.15) is 0 Å². The van der Waals surface area contributed by atoms with E-state index in [-0.39, 0.29) is 11.4 Å². The summed E-state index contributed by atoms with van der Waals surface area (Å²) in [6.07, 6.45) is -0.657. The van der Waals surface area contributed by atoms with Gasteiger partial charge in [0.05, 0.1) is 11.3 Å². The highest BCUT2D eigenvalue weighted by atomic mass is 16.6. The maximum Gasteiger partial charge on any atom is 0.412 e.